The number of fused-ring (bicyclic) bond motifs is 7. The molecule has 2 aliphatic carbocycles. The number of rotatable bonds is 5. The Morgan fingerprint density at radius 3 is 2.54 bits per heavy atom. The predicted octanol–water partition coefficient (Wildman–Crippen LogP) is 1.87. The van der Waals surface area contributed by atoms with Crippen molar-refractivity contribution < 1.29 is 49.7 Å². The van der Waals surface area contributed by atoms with Crippen molar-refractivity contribution in [3.63, 3.8) is 0 Å². The number of ketones is 2. The molecule has 12 nitrogen and oxygen atoms in total. The zero-order chi connectivity index (χ0) is 32.5. The van der Waals surface area contributed by atoms with Crippen LogP contribution in [-0.2, 0) is 11.2 Å². The summed E-state index contributed by atoms with van der Waals surface area (Å²) in [6, 6.07) is 4.58. The molecule has 3 heterocycles. The lowest BCUT2D eigenvalue weighted by Crippen LogP contribution is -2.68. The van der Waals surface area contributed by atoms with E-state index in [4.69, 9.17) is 9.47 Å². The summed E-state index contributed by atoms with van der Waals surface area (Å²) in [5, 5.41) is 68.2. The molecule has 244 valence electrons. The standard InChI is InChI=1S/C34H38N2O10/c1-15-11-19-24(20(38)12-15)29(42)26-25(27(19)40)17-8-10-35-33(36-13-21(39)16-5-3-2-4-6-16)23(17)18-7-9-34(46-31(18)26)32(44)30(43)28(41)22(14-37)45-34/h8,10-12,16,21-22,28,30,32,37-39,41,43-44H,2-7,9,13-14H2,1H3,(H,35,36)/t21-,22+,28+,30-,32+,34-/m0/s1. The summed E-state index contributed by atoms with van der Waals surface area (Å²) in [4.78, 5) is 33.1. The van der Waals surface area contributed by atoms with Crippen LogP contribution in [0.2, 0.25) is 0 Å². The molecule has 7 rings (SSSR count). The second kappa shape index (κ2) is 11.5. The summed E-state index contributed by atoms with van der Waals surface area (Å²) in [5.41, 5.74) is 0.819. The number of carbonyl (C=O) groups excluding carboxylic acids is 2. The lowest BCUT2D eigenvalue weighted by atomic mass is 9.77. The van der Waals surface area contributed by atoms with Crippen molar-refractivity contribution in [1.29, 1.82) is 0 Å². The predicted molar refractivity (Wildman–Crippen MR) is 164 cm³/mol. The number of hydrogen-bond donors (Lipinski definition) is 7. The van der Waals surface area contributed by atoms with E-state index in [0.717, 1.165) is 32.1 Å². The third-order valence-electron chi connectivity index (χ3n) is 10.2. The maximum Gasteiger partial charge on any atom is 0.240 e. The molecule has 2 aliphatic heterocycles. The second-order valence-electron chi connectivity index (χ2n) is 13.0. The molecular weight excluding hydrogens is 596 g/mol. The smallest absolute Gasteiger partial charge is 0.240 e. The first-order valence-electron chi connectivity index (χ1n) is 15.9. The van der Waals surface area contributed by atoms with E-state index >= 15 is 0 Å². The highest BCUT2D eigenvalue weighted by Crippen LogP contribution is 2.51. The zero-order valence-corrected chi connectivity index (χ0v) is 25.4. The lowest BCUT2D eigenvalue weighted by Gasteiger charge is -2.50. The highest BCUT2D eigenvalue weighted by atomic mass is 16.7. The molecule has 1 saturated heterocycles. The molecule has 0 amide bonds. The SMILES string of the molecule is Cc1cc(O)c2c(c1)C(=O)c1c(c3c(c4c(NC[C@H](O)C5CCCCC5)nccc14)CC[C@@]1(O3)O[C@H](CO)[C@@H](O)[C@H](O)[C@H]1O)C2=O. The fraction of sp³-hybridized carbons (Fsp3) is 0.500. The number of hydrogen-bond acceptors (Lipinski definition) is 12. The van der Waals surface area contributed by atoms with E-state index in [-0.39, 0.29) is 59.1 Å². The molecule has 2 fully saturated rings. The minimum Gasteiger partial charge on any atom is -0.507 e. The number of benzene rings is 2. The van der Waals surface area contributed by atoms with Gasteiger partial charge in [0.2, 0.25) is 11.6 Å². The highest BCUT2D eigenvalue weighted by molar-refractivity contribution is 6.34. The first kappa shape index (κ1) is 31.0. The maximum absolute atomic E-state index is 14.3. The molecule has 0 bridgehead atoms. The molecule has 46 heavy (non-hydrogen) atoms. The van der Waals surface area contributed by atoms with Crippen LogP contribution in [0.15, 0.2) is 24.4 Å². The number of pyridine rings is 1. The van der Waals surface area contributed by atoms with Crippen LogP contribution in [0.1, 0.15) is 81.5 Å². The van der Waals surface area contributed by atoms with E-state index in [2.05, 4.69) is 10.3 Å². The molecule has 12 heteroatoms. The van der Waals surface area contributed by atoms with Gasteiger partial charge in [-0.05, 0) is 61.3 Å². The number of phenols is 1. The van der Waals surface area contributed by atoms with Gasteiger partial charge >= 0.3 is 0 Å². The van der Waals surface area contributed by atoms with Crippen LogP contribution in [0.25, 0.3) is 10.8 Å². The van der Waals surface area contributed by atoms with Gasteiger partial charge in [-0.15, -0.1) is 0 Å². The Morgan fingerprint density at radius 2 is 1.80 bits per heavy atom. The van der Waals surface area contributed by atoms with Gasteiger partial charge in [0.25, 0.3) is 0 Å². The molecule has 3 aromatic rings. The molecule has 1 aromatic heterocycles. The van der Waals surface area contributed by atoms with Crippen molar-refractivity contribution >= 4 is 28.2 Å². The van der Waals surface area contributed by atoms with Crippen LogP contribution >= 0.6 is 0 Å². The Balaban J connectivity index is 1.41. The average Bonchev–Trinajstić information content (AvgIpc) is 3.06. The quantitative estimate of drug-likeness (QED) is 0.168. The summed E-state index contributed by atoms with van der Waals surface area (Å²) in [5.74, 6) is -3.08. The summed E-state index contributed by atoms with van der Waals surface area (Å²) in [6.07, 6.45) is -0.298. The van der Waals surface area contributed by atoms with Gasteiger partial charge in [0.05, 0.1) is 23.8 Å². The first-order valence-corrected chi connectivity index (χ1v) is 15.9. The van der Waals surface area contributed by atoms with Crippen molar-refractivity contribution in [2.45, 2.75) is 88.2 Å². The van der Waals surface area contributed by atoms with Crippen molar-refractivity contribution in [3.8, 4) is 11.5 Å². The number of ether oxygens (including phenoxy) is 2. The number of nitrogens with one attached hydrogen (secondary N) is 1. The van der Waals surface area contributed by atoms with Gasteiger partial charge in [-0.25, -0.2) is 4.98 Å². The minimum absolute atomic E-state index is 0.0242. The van der Waals surface area contributed by atoms with Crippen molar-refractivity contribution in [1.82, 2.24) is 4.98 Å². The lowest BCUT2D eigenvalue weighted by molar-refractivity contribution is -0.342. The maximum atomic E-state index is 14.3. The number of anilines is 1. The fourth-order valence-electron chi connectivity index (χ4n) is 7.78. The Morgan fingerprint density at radius 1 is 1.04 bits per heavy atom. The minimum atomic E-state index is -1.98. The third kappa shape index (κ3) is 4.70. The summed E-state index contributed by atoms with van der Waals surface area (Å²) in [7, 11) is 0. The van der Waals surface area contributed by atoms with Gasteiger partial charge in [-0.2, -0.15) is 0 Å². The van der Waals surface area contributed by atoms with E-state index < -0.39 is 54.5 Å². The number of aromatic hydroxyl groups is 1. The Bertz CT molecular complexity index is 1740. The number of aromatic nitrogens is 1. The third-order valence-corrected chi connectivity index (χ3v) is 10.2. The van der Waals surface area contributed by atoms with E-state index in [0.29, 0.717) is 27.7 Å². The van der Waals surface area contributed by atoms with Gasteiger partial charge in [-0.3, -0.25) is 9.59 Å². The summed E-state index contributed by atoms with van der Waals surface area (Å²) < 4.78 is 12.3. The summed E-state index contributed by atoms with van der Waals surface area (Å²) in [6.45, 7) is 1.23. The topological polar surface area (TPSA) is 199 Å². The molecule has 0 unspecified atom stereocenters. The Labute approximate surface area is 264 Å². The largest absolute Gasteiger partial charge is 0.507 e. The molecule has 4 aliphatic rings. The molecule has 7 N–H and O–H groups in total. The zero-order valence-electron chi connectivity index (χ0n) is 25.4. The van der Waals surface area contributed by atoms with Crippen LogP contribution in [0.4, 0.5) is 5.82 Å². The fourth-order valence-corrected chi connectivity index (χ4v) is 7.78. The van der Waals surface area contributed by atoms with Crippen LogP contribution in [-0.4, -0.2) is 96.6 Å². The second-order valence-corrected chi connectivity index (χ2v) is 13.0. The van der Waals surface area contributed by atoms with Crippen molar-refractivity contribution in [2.75, 3.05) is 18.5 Å². The van der Waals surface area contributed by atoms with E-state index in [1.54, 1.807) is 19.1 Å². The Kier molecular flexibility index (Phi) is 7.78. The van der Waals surface area contributed by atoms with Gasteiger partial charge in [0.15, 0.2) is 5.78 Å². The van der Waals surface area contributed by atoms with Crippen LogP contribution in [0.3, 0.4) is 0 Å². The van der Waals surface area contributed by atoms with E-state index in [9.17, 15) is 40.2 Å². The number of carbonyl (C=O) groups is 2. The van der Waals surface area contributed by atoms with Crippen molar-refractivity contribution in [3.05, 3.63) is 57.8 Å². The van der Waals surface area contributed by atoms with Gasteiger partial charge < -0.3 is 45.4 Å². The number of phenolic OH excluding ortho intramolecular Hbond substituents is 1. The monoisotopic (exact) mass is 634 g/mol. The van der Waals surface area contributed by atoms with E-state index in [1.165, 1.54) is 12.3 Å². The van der Waals surface area contributed by atoms with Gasteiger partial charge in [0, 0.05) is 41.2 Å². The molecule has 1 saturated carbocycles. The molecule has 2 aromatic carbocycles. The van der Waals surface area contributed by atoms with Gasteiger partial charge in [-0.1, -0.05) is 19.3 Å². The number of aliphatic hydroxyl groups is 5. The van der Waals surface area contributed by atoms with Crippen molar-refractivity contribution in [2.24, 2.45) is 5.92 Å². The molecule has 1 spiro atoms. The van der Waals surface area contributed by atoms with E-state index in [1.807, 2.05) is 0 Å². The van der Waals surface area contributed by atoms with Crippen LogP contribution in [0.5, 0.6) is 11.5 Å². The number of aliphatic hydroxyl groups excluding tert-OH is 5. The average molecular weight is 635 g/mol. The Hall–Kier alpha value is -3.65. The highest BCUT2D eigenvalue weighted by Gasteiger charge is 2.57. The van der Waals surface area contributed by atoms with Crippen LogP contribution in [0, 0.1) is 12.8 Å². The molecular formula is C34H38N2O10. The number of aryl methyl sites for hydroxylation is 2. The normalized spacial score (nSPS) is 28.4. The number of nitrogens with zero attached hydrogens (tertiary/aromatic N) is 1. The van der Waals surface area contributed by atoms with Gasteiger partial charge in [0.1, 0.15) is 41.7 Å². The summed E-state index contributed by atoms with van der Waals surface area (Å²) >= 11 is 0. The van der Waals surface area contributed by atoms with Crippen LogP contribution < -0.4 is 10.1 Å². The first-order chi connectivity index (χ1) is 22.1. The molecule has 6 atom stereocenters. The molecule has 0 radical (unpaired) electrons.